The summed E-state index contributed by atoms with van der Waals surface area (Å²) in [5.41, 5.74) is 0. The third kappa shape index (κ3) is 2.19. The van der Waals surface area contributed by atoms with Gasteiger partial charge in [-0.25, -0.2) is 4.79 Å². The standard InChI is InChI=1S/C8H15NO3/c1-2-12-8(11)7(10)9-5-3-4-6-9/h7,10H,2-6H2,1H3. The molecule has 1 heterocycles. The van der Waals surface area contributed by atoms with Gasteiger partial charge in [-0.3, -0.25) is 4.90 Å². The third-order valence-electron chi connectivity index (χ3n) is 1.98. The van der Waals surface area contributed by atoms with Crippen molar-refractivity contribution in [3.05, 3.63) is 0 Å². The molecule has 1 aliphatic rings. The highest BCUT2D eigenvalue weighted by Gasteiger charge is 2.26. The van der Waals surface area contributed by atoms with Gasteiger partial charge < -0.3 is 9.84 Å². The zero-order valence-electron chi connectivity index (χ0n) is 7.32. The third-order valence-corrected chi connectivity index (χ3v) is 1.98. The van der Waals surface area contributed by atoms with Gasteiger partial charge in [0.2, 0.25) is 6.23 Å². The average molecular weight is 173 g/mol. The molecule has 70 valence electrons. The summed E-state index contributed by atoms with van der Waals surface area (Å²) in [7, 11) is 0. The molecular weight excluding hydrogens is 158 g/mol. The van der Waals surface area contributed by atoms with E-state index in [0.717, 1.165) is 25.9 Å². The maximum absolute atomic E-state index is 11.0. The molecule has 4 nitrogen and oxygen atoms in total. The Kier molecular flexibility index (Phi) is 3.49. The number of hydrogen-bond acceptors (Lipinski definition) is 4. The molecule has 4 heteroatoms. The number of aliphatic hydroxyl groups excluding tert-OH is 1. The second-order valence-corrected chi connectivity index (χ2v) is 2.87. The van der Waals surface area contributed by atoms with Crippen molar-refractivity contribution in [1.82, 2.24) is 4.90 Å². The van der Waals surface area contributed by atoms with Crippen LogP contribution in [0.1, 0.15) is 19.8 Å². The summed E-state index contributed by atoms with van der Waals surface area (Å²) >= 11 is 0. The van der Waals surface area contributed by atoms with Gasteiger partial charge in [0, 0.05) is 13.1 Å². The van der Waals surface area contributed by atoms with Gasteiger partial charge in [0.05, 0.1) is 6.61 Å². The molecule has 0 saturated carbocycles. The minimum Gasteiger partial charge on any atom is -0.463 e. The fourth-order valence-corrected chi connectivity index (χ4v) is 1.35. The Morgan fingerprint density at radius 3 is 2.67 bits per heavy atom. The predicted octanol–water partition coefficient (Wildman–Crippen LogP) is -0.0363. The Balaban J connectivity index is 2.34. The molecule has 1 aliphatic heterocycles. The normalized spacial score (nSPS) is 20.8. The largest absolute Gasteiger partial charge is 0.463 e. The lowest BCUT2D eigenvalue weighted by molar-refractivity contribution is -0.162. The minimum absolute atomic E-state index is 0.323. The molecule has 0 aromatic heterocycles. The molecule has 1 rings (SSSR count). The highest BCUT2D eigenvalue weighted by molar-refractivity contribution is 5.73. The van der Waals surface area contributed by atoms with E-state index in [4.69, 9.17) is 0 Å². The number of ether oxygens (including phenoxy) is 1. The Morgan fingerprint density at radius 1 is 1.58 bits per heavy atom. The molecule has 0 aromatic rings. The zero-order valence-corrected chi connectivity index (χ0v) is 7.32. The van der Waals surface area contributed by atoms with Crippen molar-refractivity contribution in [2.75, 3.05) is 19.7 Å². The van der Waals surface area contributed by atoms with Crippen LogP contribution in [-0.4, -0.2) is 41.9 Å². The first kappa shape index (κ1) is 9.48. The summed E-state index contributed by atoms with van der Waals surface area (Å²) in [5.74, 6) is -0.528. The molecule has 1 atom stereocenters. The molecule has 0 amide bonds. The van der Waals surface area contributed by atoms with E-state index in [2.05, 4.69) is 4.74 Å². The SMILES string of the molecule is CCOC(=O)C(O)N1CCCC1. The van der Waals surface area contributed by atoms with Gasteiger partial charge >= 0.3 is 5.97 Å². The van der Waals surface area contributed by atoms with Crippen LogP contribution in [0.2, 0.25) is 0 Å². The lowest BCUT2D eigenvalue weighted by Crippen LogP contribution is -2.40. The Labute approximate surface area is 72.1 Å². The Bertz CT molecular complexity index is 154. The monoisotopic (exact) mass is 173 g/mol. The molecule has 1 fully saturated rings. The van der Waals surface area contributed by atoms with E-state index >= 15 is 0 Å². The highest BCUT2D eigenvalue weighted by atomic mass is 16.5. The van der Waals surface area contributed by atoms with Crippen LogP contribution >= 0.6 is 0 Å². The second-order valence-electron chi connectivity index (χ2n) is 2.87. The van der Waals surface area contributed by atoms with Crippen LogP contribution < -0.4 is 0 Å². The van der Waals surface area contributed by atoms with Crippen LogP contribution in [0.3, 0.4) is 0 Å². The molecular formula is C8H15NO3. The van der Waals surface area contributed by atoms with E-state index in [-0.39, 0.29) is 0 Å². The second kappa shape index (κ2) is 4.42. The van der Waals surface area contributed by atoms with Crippen molar-refractivity contribution in [3.8, 4) is 0 Å². The Morgan fingerprint density at radius 2 is 2.17 bits per heavy atom. The lowest BCUT2D eigenvalue weighted by Gasteiger charge is -2.19. The molecule has 1 unspecified atom stereocenters. The van der Waals surface area contributed by atoms with E-state index in [9.17, 15) is 9.90 Å². The van der Waals surface area contributed by atoms with Crippen LogP contribution in [0.4, 0.5) is 0 Å². The van der Waals surface area contributed by atoms with Gasteiger partial charge in [-0.05, 0) is 19.8 Å². The summed E-state index contributed by atoms with van der Waals surface area (Å²) in [5, 5.41) is 9.40. The number of carbonyl (C=O) groups is 1. The number of rotatable bonds is 3. The molecule has 0 bridgehead atoms. The number of aliphatic hydroxyl groups is 1. The number of esters is 1. The number of carbonyl (C=O) groups excluding carboxylic acids is 1. The smallest absolute Gasteiger partial charge is 0.350 e. The molecule has 0 spiro atoms. The van der Waals surface area contributed by atoms with E-state index in [1.807, 2.05) is 0 Å². The fraction of sp³-hybridized carbons (Fsp3) is 0.875. The summed E-state index contributed by atoms with van der Waals surface area (Å²) in [4.78, 5) is 12.8. The molecule has 1 N–H and O–H groups in total. The highest BCUT2D eigenvalue weighted by Crippen LogP contribution is 2.10. The molecule has 0 aliphatic carbocycles. The number of nitrogens with zero attached hydrogens (tertiary/aromatic N) is 1. The van der Waals surface area contributed by atoms with Gasteiger partial charge in [0.1, 0.15) is 0 Å². The van der Waals surface area contributed by atoms with Crippen molar-refractivity contribution in [3.63, 3.8) is 0 Å². The molecule has 1 saturated heterocycles. The Hall–Kier alpha value is -0.610. The van der Waals surface area contributed by atoms with E-state index in [1.165, 1.54) is 0 Å². The van der Waals surface area contributed by atoms with E-state index < -0.39 is 12.2 Å². The predicted molar refractivity (Wildman–Crippen MR) is 43.4 cm³/mol. The van der Waals surface area contributed by atoms with Crippen LogP contribution in [0.5, 0.6) is 0 Å². The van der Waals surface area contributed by atoms with Crippen molar-refractivity contribution >= 4 is 5.97 Å². The topological polar surface area (TPSA) is 49.8 Å². The maximum atomic E-state index is 11.0. The number of likely N-dealkylation sites (tertiary alicyclic amines) is 1. The van der Waals surface area contributed by atoms with Gasteiger partial charge in [-0.2, -0.15) is 0 Å². The van der Waals surface area contributed by atoms with Gasteiger partial charge in [-0.15, -0.1) is 0 Å². The number of hydrogen-bond donors (Lipinski definition) is 1. The quantitative estimate of drug-likeness (QED) is 0.609. The van der Waals surface area contributed by atoms with Gasteiger partial charge in [-0.1, -0.05) is 0 Å². The first-order chi connectivity index (χ1) is 5.75. The summed E-state index contributed by atoms with van der Waals surface area (Å²) in [6, 6.07) is 0. The van der Waals surface area contributed by atoms with E-state index in [0.29, 0.717) is 6.61 Å². The van der Waals surface area contributed by atoms with Crippen LogP contribution in [0.25, 0.3) is 0 Å². The molecule has 12 heavy (non-hydrogen) atoms. The average Bonchev–Trinajstić information content (AvgIpc) is 2.55. The zero-order chi connectivity index (χ0) is 8.97. The van der Waals surface area contributed by atoms with Crippen molar-refractivity contribution in [1.29, 1.82) is 0 Å². The summed E-state index contributed by atoms with van der Waals surface area (Å²) in [6.45, 7) is 3.64. The first-order valence-electron chi connectivity index (χ1n) is 4.34. The molecule has 0 radical (unpaired) electrons. The van der Waals surface area contributed by atoms with Crippen molar-refractivity contribution in [2.24, 2.45) is 0 Å². The summed E-state index contributed by atoms with van der Waals surface area (Å²) in [6.07, 6.45) is 1.06. The van der Waals surface area contributed by atoms with Crippen LogP contribution in [0.15, 0.2) is 0 Å². The van der Waals surface area contributed by atoms with Gasteiger partial charge in [0.25, 0.3) is 0 Å². The lowest BCUT2D eigenvalue weighted by atomic mass is 10.4. The van der Waals surface area contributed by atoms with Crippen molar-refractivity contribution in [2.45, 2.75) is 26.0 Å². The van der Waals surface area contributed by atoms with Crippen molar-refractivity contribution < 1.29 is 14.6 Å². The van der Waals surface area contributed by atoms with Gasteiger partial charge in [0.15, 0.2) is 0 Å². The minimum atomic E-state index is -1.05. The maximum Gasteiger partial charge on any atom is 0.350 e. The fourth-order valence-electron chi connectivity index (χ4n) is 1.35. The summed E-state index contributed by atoms with van der Waals surface area (Å²) < 4.78 is 4.69. The van der Waals surface area contributed by atoms with E-state index in [1.54, 1.807) is 11.8 Å². The van der Waals surface area contributed by atoms with Crippen LogP contribution in [0, 0.1) is 0 Å². The first-order valence-corrected chi connectivity index (χ1v) is 4.34. The molecule has 0 aromatic carbocycles. The van der Waals surface area contributed by atoms with Crippen LogP contribution in [-0.2, 0) is 9.53 Å².